The third-order valence-corrected chi connectivity index (χ3v) is 4.42. The number of amides is 1. The van der Waals surface area contributed by atoms with E-state index in [9.17, 15) is 18.0 Å². The Balaban J connectivity index is 2.27. The highest BCUT2D eigenvalue weighted by atomic mass is 79.9. The zero-order valence-electron chi connectivity index (χ0n) is 12.8. The number of anilines is 1. The number of carbonyl (C=O) groups excluding carboxylic acids is 1. The molecule has 0 aliphatic rings. The van der Waals surface area contributed by atoms with E-state index in [4.69, 9.17) is 34.8 Å². The van der Waals surface area contributed by atoms with Gasteiger partial charge >= 0.3 is 6.18 Å². The van der Waals surface area contributed by atoms with Gasteiger partial charge in [-0.15, -0.1) is 0 Å². The van der Waals surface area contributed by atoms with E-state index in [1.165, 1.54) is 30.3 Å². The molecule has 0 aromatic heterocycles. The summed E-state index contributed by atoms with van der Waals surface area (Å²) in [6.45, 7) is 0. The fourth-order valence-electron chi connectivity index (χ4n) is 2.03. The summed E-state index contributed by atoms with van der Waals surface area (Å²) in [7, 11) is 0. The van der Waals surface area contributed by atoms with Crippen molar-refractivity contribution in [3.8, 4) is 0 Å². The highest BCUT2D eigenvalue weighted by Gasteiger charge is 2.38. The van der Waals surface area contributed by atoms with Gasteiger partial charge in [-0.25, -0.2) is 0 Å². The van der Waals surface area contributed by atoms with E-state index in [0.717, 1.165) is 10.5 Å². The maximum absolute atomic E-state index is 13.1. The molecule has 0 heterocycles. The molecule has 0 spiro atoms. The van der Waals surface area contributed by atoms with Crippen LogP contribution in [-0.2, 0) is 6.18 Å². The average molecular weight is 491 g/mol. The van der Waals surface area contributed by atoms with Crippen LogP contribution in [0.4, 0.5) is 18.9 Å². The summed E-state index contributed by atoms with van der Waals surface area (Å²) in [5, 5.41) is 4.84. The van der Waals surface area contributed by atoms with Gasteiger partial charge in [0, 0.05) is 15.7 Å². The van der Waals surface area contributed by atoms with Gasteiger partial charge in [0.15, 0.2) is 0 Å². The first-order valence-corrected chi connectivity index (χ1v) is 8.97. The van der Waals surface area contributed by atoms with Gasteiger partial charge in [-0.1, -0.05) is 62.9 Å². The van der Waals surface area contributed by atoms with Crippen LogP contribution in [0, 0.1) is 0 Å². The van der Waals surface area contributed by atoms with Crippen molar-refractivity contribution < 1.29 is 18.0 Å². The molecule has 3 nitrogen and oxygen atoms in total. The zero-order valence-corrected chi connectivity index (χ0v) is 16.6. The molecule has 0 fully saturated rings. The third kappa shape index (κ3) is 5.67. The van der Waals surface area contributed by atoms with Crippen LogP contribution in [0.25, 0.3) is 0 Å². The number of carbonyl (C=O) groups is 1. The average Bonchev–Trinajstić information content (AvgIpc) is 2.53. The first kappa shape index (κ1) is 21.2. The Bertz CT molecular complexity index is 780. The summed E-state index contributed by atoms with van der Waals surface area (Å²) >= 11 is 20.7. The molecule has 1 atom stereocenters. The van der Waals surface area contributed by atoms with Gasteiger partial charge in [-0.3, -0.25) is 4.79 Å². The van der Waals surface area contributed by atoms with Crippen LogP contribution in [0.5, 0.6) is 0 Å². The van der Waals surface area contributed by atoms with Crippen molar-refractivity contribution in [1.29, 1.82) is 0 Å². The van der Waals surface area contributed by atoms with Crippen molar-refractivity contribution in [2.75, 3.05) is 5.32 Å². The van der Waals surface area contributed by atoms with Gasteiger partial charge in [0.25, 0.3) is 5.91 Å². The monoisotopic (exact) mass is 488 g/mol. The lowest BCUT2D eigenvalue weighted by Crippen LogP contribution is -2.49. The molecular weight excluding hydrogens is 479 g/mol. The fraction of sp³-hybridized carbons (Fsp3) is 0.188. The number of hydrogen-bond acceptors (Lipinski definition) is 2. The number of nitrogens with one attached hydrogen (secondary N) is 2. The largest absolute Gasteiger partial charge is 0.418 e. The van der Waals surface area contributed by atoms with E-state index >= 15 is 0 Å². The fourth-order valence-corrected chi connectivity index (χ4v) is 2.62. The molecule has 26 heavy (non-hydrogen) atoms. The minimum absolute atomic E-state index is 0.248. The molecule has 2 aromatic rings. The Morgan fingerprint density at radius 1 is 1.00 bits per heavy atom. The van der Waals surface area contributed by atoms with Crippen LogP contribution >= 0.6 is 50.7 Å². The zero-order chi connectivity index (χ0) is 19.5. The van der Waals surface area contributed by atoms with E-state index in [0.29, 0.717) is 0 Å². The van der Waals surface area contributed by atoms with Crippen LogP contribution in [0.1, 0.15) is 15.9 Å². The lowest BCUT2D eigenvalue weighted by molar-refractivity contribution is -0.137. The van der Waals surface area contributed by atoms with Crippen LogP contribution in [0.15, 0.2) is 53.0 Å². The molecule has 1 unspecified atom stereocenters. The van der Waals surface area contributed by atoms with Gasteiger partial charge in [0.05, 0.1) is 5.56 Å². The molecule has 0 aliphatic carbocycles. The Labute approximate surface area is 170 Å². The molecule has 2 rings (SSSR count). The predicted molar refractivity (Wildman–Crippen MR) is 101 cm³/mol. The van der Waals surface area contributed by atoms with Crippen LogP contribution in [0.3, 0.4) is 0 Å². The lowest BCUT2D eigenvalue weighted by atomic mass is 10.1. The number of para-hydroxylation sites is 1. The summed E-state index contributed by atoms with van der Waals surface area (Å²) in [6, 6.07) is 11.0. The molecule has 0 saturated heterocycles. The molecule has 140 valence electrons. The van der Waals surface area contributed by atoms with Gasteiger partial charge in [-0.05, 0) is 36.4 Å². The molecule has 0 saturated carbocycles. The third-order valence-electron chi connectivity index (χ3n) is 3.24. The molecule has 0 radical (unpaired) electrons. The Morgan fingerprint density at radius 2 is 1.58 bits per heavy atom. The summed E-state index contributed by atoms with van der Waals surface area (Å²) in [4.78, 5) is 12.3. The lowest BCUT2D eigenvalue weighted by Gasteiger charge is -2.28. The SMILES string of the molecule is O=C(NC(Nc1ccccc1C(F)(F)F)C(Cl)(Cl)Cl)c1ccc(Br)cc1. The van der Waals surface area contributed by atoms with Crippen molar-refractivity contribution in [2.24, 2.45) is 0 Å². The smallest absolute Gasteiger partial charge is 0.361 e. The molecule has 2 N–H and O–H groups in total. The van der Waals surface area contributed by atoms with Gasteiger partial charge in [-0.2, -0.15) is 13.2 Å². The second kappa shape index (κ2) is 8.25. The van der Waals surface area contributed by atoms with Crippen molar-refractivity contribution >= 4 is 62.3 Å². The standard InChI is InChI=1S/C16H11BrCl3F3N2O/c17-10-7-5-9(6-8-10)13(26)25-14(15(18,19)20)24-12-4-2-1-3-11(12)16(21,22)23/h1-8,14,24H,(H,25,26). The van der Waals surface area contributed by atoms with E-state index in [1.54, 1.807) is 12.1 Å². The van der Waals surface area contributed by atoms with Crippen molar-refractivity contribution in [1.82, 2.24) is 5.32 Å². The quantitative estimate of drug-likeness (QED) is 0.407. The Kier molecular flexibility index (Phi) is 6.71. The van der Waals surface area contributed by atoms with Gasteiger partial charge in [0.1, 0.15) is 6.17 Å². The first-order chi connectivity index (χ1) is 12.0. The van der Waals surface area contributed by atoms with Crippen LogP contribution in [-0.4, -0.2) is 15.9 Å². The Hall–Kier alpha value is -1.15. The van der Waals surface area contributed by atoms with Gasteiger partial charge < -0.3 is 10.6 Å². The van der Waals surface area contributed by atoms with Gasteiger partial charge in [0.2, 0.25) is 3.79 Å². The molecule has 1 amide bonds. The molecular formula is C16H11BrCl3F3N2O. The van der Waals surface area contributed by atoms with E-state index in [-0.39, 0.29) is 11.3 Å². The van der Waals surface area contributed by atoms with E-state index < -0.39 is 27.6 Å². The summed E-state index contributed by atoms with van der Waals surface area (Å²) < 4.78 is 38.0. The number of halogens is 7. The highest BCUT2D eigenvalue weighted by molar-refractivity contribution is 9.10. The Morgan fingerprint density at radius 3 is 2.12 bits per heavy atom. The van der Waals surface area contributed by atoms with Crippen LogP contribution < -0.4 is 10.6 Å². The molecule has 2 aromatic carbocycles. The maximum Gasteiger partial charge on any atom is 0.418 e. The number of hydrogen-bond donors (Lipinski definition) is 2. The van der Waals surface area contributed by atoms with Crippen LogP contribution in [0.2, 0.25) is 0 Å². The summed E-state index contributed by atoms with van der Waals surface area (Å²) in [5.41, 5.74) is -1.03. The predicted octanol–water partition coefficient (Wildman–Crippen LogP) is 6.01. The highest BCUT2D eigenvalue weighted by Crippen LogP contribution is 2.37. The second-order valence-electron chi connectivity index (χ2n) is 5.14. The summed E-state index contributed by atoms with van der Waals surface area (Å²) in [5.74, 6) is -0.620. The van der Waals surface area contributed by atoms with Crippen molar-refractivity contribution in [3.05, 3.63) is 64.1 Å². The second-order valence-corrected chi connectivity index (χ2v) is 8.43. The minimum atomic E-state index is -4.61. The van der Waals surface area contributed by atoms with E-state index in [2.05, 4.69) is 26.6 Å². The number of rotatable bonds is 4. The van der Waals surface area contributed by atoms with E-state index in [1.807, 2.05) is 0 Å². The first-order valence-electron chi connectivity index (χ1n) is 7.04. The molecule has 10 heteroatoms. The number of benzene rings is 2. The molecule has 0 bridgehead atoms. The summed E-state index contributed by atoms with van der Waals surface area (Å²) in [6.07, 6.45) is -6.02. The van der Waals surface area contributed by atoms with Crippen molar-refractivity contribution in [2.45, 2.75) is 16.1 Å². The normalized spacial score (nSPS) is 13.2. The minimum Gasteiger partial charge on any atom is -0.361 e. The van der Waals surface area contributed by atoms with Crippen molar-refractivity contribution in [3.63, 3.8) is 0 Å². The maximum atomic E-state index is 13.1. The topological polar surface area (TPSA) is 41.1 Å². The number of alkyl halides is 6. The molecule has 0 aliphatic heterocycles.